The number of nitrogens with zero attached hydrogens (tertiary/aromatic N) is 6. The fourth-order valence-corrected chi connectivity index (χ4v) is 3.38. The van der Waals surface area contributed by atoms with Gasteiger partial charge < -0.3 is 19.7 Å². The van der Waals surface area contributed by atoms with E-state index in [4.69, 9.17) is 9.47 Å². The fraction of sp³-hybridized carbons (Fsp3) is 0.250. The summed E-state index contributed by atoms with van der Waals surface area (Å²) < 4.78 is 12.7. The molecule has 0 unspecified atom stereocenters. The van der Waals surface area contributed by atoms with Crippen LogP contribution in [0.2, 0.25) is 0 Å². The van der Waals surface area contributed by atoms with E-state index in [1.54, 1.807) is 25.2 Å². The number of anilines is 2. The largest absolute Gasteiger partial charge is 0.485 e. The normalized spacial score (nSPS) is 11.0. The molecule has 0 saturated carbocycles. The zero-order valence-electron chi connectivity index (χ0n) is 20.3. The second kappa shape index (κ2) is 10.4. The summed E-state index contributed by atoms with van der Waals surface area (Å²) >= 11 is 0. The molecule has 0 saturated heterocycles. The predicted octanol–water partition coefficient (Wildman–Crippen LogP) is 3.42. The standard InChI is InChI=1S/C24H25N7O5/c1-15-9-16(5-6-21(15)36-17-10-23(32)30(4)27-13-17)28-24-18-11-20(31(33)34)22(35-8-7-29(2)3)12-19(18)25-14-26-24/h5-6,9-14H,7-8H2,1-4H3,(H,25,26,28). The second-order valence-electron chi connectivity index (χ2n) is 8.33. The van der Waals surface area contributed by atoms with Crippen LogP contribution < -0.4 is 20.3 Å². The van der Waals surface area contributed by atoms with E-state index < -0.39 is 4.92 Å². The third-order valence-corrected chi connectivity index (χ3v) is 5.32. The number of nitrogens with one attached hydrogen (secondary N) is 1. The Balaban J connectivity index is 1.60. The van der Waals surface area contributed by atoms with Gasteiger partial charge in [0.1, 0.15) is 24.5 Å². The molecule has 2 heterocycles. The van der Waals surface area contributed by atoms with Gasteiger partial charge in [-0.1, -0.05) is 0 Å². The first kappa shape index (κ1) is 24.5. The summed E-state index contributed by atoms with van der Waals surface area (Å²) in [7, 11) is 5.35. The maximum atomic E-state index is 11.8. The SMILES string of the molecule is Cc1cc(Nc2ncnc3cc(OCCN(C)C)c([N+](=O)[O-])cc23)ccc1Oc1cnn(C)c(=O)c1. The van der Waals surface area contributed by atoms with Crippen LogP contribution in [-0.4, -0.2) is 56.8 Å². The minimum atomic E-state index is -0.483. The third-order valence-electron chi connectivity index (χ3n) is 5.32. The molecule has 2 aromatic heterocycles. The predicted molar refractivity (Wildman–Crippen MR) is 134 cm³/mol. The van der Waals surface area contributed by atoms with Crippen molar-refractivity contribution in [3.05, 3.63) is 75.0 Å². The van der Waals surface area contributed by atoms with Crippen LogP contribution in [0.15, 0.2) is 53.7 Å². The summed E-state index contributed by atoms with van der Waals surface area (Å²) in [6.07, 6.45) is 2.85. The van der Waals surface area contributed by atoms with Crippen molar-refractivity contribution < 1.29 is 14.4 Å². The molecule has 12 heteroatoms. The van der Waals surface area contributed by atoms with Gasteiger partial charge in [-0.25, -0.2) is 14.6 Å². The number of rotatable bonds is 9. The lowest BCUT2D eigenvalue weighted by Gasteiger charge is -2.14. The molecule has 0 fully saturated rings. The zero-order chi connectivity index (χ0) is 25.8. The maximum absolute atomic E-state index is 11.8. The number of hydrogen-bond donors (Lipinski definition) is 1. The Morgan fingerprint density at radius 3 is 2.64 bits per heavy atom. The molecule has 0 spiro atoms. The number of ether oxygens (including phenoxy) is 2. The summed E-state index contributed by atoms with van der Waals surface area (Å²) in [5, 5.41) is 19.3. The average Bonchev–Trinajstić information content (AvgIpc) is 2.82. The van der Waals surface area contributed by atoms with Crippen LogP contribution in [0.3, 0.4) is 0 Å². The molecule has 0 aliphatic carbocycles. The van der Waals surface area contributed by atoms with Crippen molar-refractivity contribution >= 4 is 28.1 Å². The Bertz CT molecular complexity index is 1490. The summed E-state index contributed by atoms with van der Waals surface area (Å²) in [5.41, 5.74) is 1.55. The highest BCUT2D eigenvalue weighted by atomic mass is 16.6. The second-order valence-corrected chi connectivity index (χ2v) is 8.33. The monoisotopic (exact) mass is 491 g/mol. The molecule has 12 nitrogen and oxygen atoms in total. The first-order chi connectivity index (χ1) is 17.2. The molecule has 0 radical (unpaired) electrons. The van der Waals surface area contributed by atoms with Gasteiger partial charge in [-0.15, -0.1) is 0 Å². The Kier molecular flexibility index (Phi) is 7.06. The number of hydrogen-bond acceptors (Lipinski definition) is 10. The van der Waals surface area contributed by atoms with Crippen molar-refractivity contribution in [3.63, 3.8) is 0 Å². The number of aromatic nitrogens is 4. The summed E-state index contributed by atoms with van der Waals surface area (Å²) in [4.78, 5) is 33.5. The first-order valence-electron chi connectivity index (χ1n) is 11.0. The molecule has 1 N–H and O–H groups in total. The van der Waals surface area contributed by atoms with E-state index in [-0.39, 0.29) is 17.0 Å². The van der Waals surface area contributed by atoms with Crippen molar-refractivity contribution in [1.82, 2.24) is 24.6 Å². The number of likely N-dealkylation sites (N-methyl/N-ethyl adjacent to an activating group) is 1. The molecular formula is C24H25N7O5. The van der Waals surface area contributed by atoms with Crippen molar-refractivity contribution in [2.45, 2.75) is 6.92 Å². The summed E-state index contributed by atoms with van der Waals surface area (Å²) in [6.45, 7) is 2.77. The van der Waals surface area contributed by atoms with Crippen LogP contribution >= 0.6 is 0 Å². The molecule has 0 aliphatic heterocycles. The Labute approximate surface area is 206 Å². The van der Waals surface area contributed by atoms with Crippen LogP contribution in [0, 0.1) is 17.0 Å². The van der Waals surface area contributed by atoms with Gasteiger partial charge >= 0.3 is 5.69 Å². The zero-order valence-corrected chi connectivity index (χ0v) is 20.3. The third kappa shape index (κ3) is 5.55. The molecule has 186 valence electrons. The highest BCUT2D eigenvalue weighted by Crippen LogP contribution is 2.35. The van der Waals surface area contributed by atoms with Gasteiger partial charge in [0.2, 0.25) is 0 Å². The Morgan fingerprint density at radius 1 is 1.14 bits per heavy atom. The van der Waals surface area contributed by atoms with Crippen molar-refractivity contribution in [3.8, 4) is 17.2 Å². The van der Waals surface area contributed by atoms with Gasteiger partial charge in [-0.3, -0.25) is 14.9 Å². The number of aryl methyl sites for hydroxylation is 2. The molecule has 4 rings (SSSR count). The van der Waals surface area contributed by atoms with E-state index >= 15 is 0 Å². The van der Waals surface area contributed by atoms with E-state index in [2.05, 4.69) is 20.4 Å². The number of nitro groups is 1. The van der Waals surface area contributed by atoms with E-state index in [1.165, 1.54) is 29.3 Å². The van der Waals surface area contributed by atoms with Gasteiger partial charge in [-0.2, -0.15) is 5.10 Å². The lowest BCUT2D eigenvalue weighted by Crippen LogP contribution is -2.19. The van der Waals surface area contributed by atoms with E-state index in [9.17, 15) is 14.9 Å². The van der Waals surface area contributed by atoms with Gasteiger partial charge in [0.25, 0.3) is 5.56 Å². The molecule has 0 atom stereocenters. The van der Waals surface area contributed by atoms with Gasteiger partial charge in [0, 0.05) is 37.5 Å². The number of fused-ring (bicyclic) bond motifs is 1. The summed E-state index contributed by atoms with van der Waals surface area (Å²) in [5.74, 6) is 1.45. The summed E-state index contributed by atoms with van der Waals surface area (Å²) in [6, 6.07) is 9.68. The van der Waals surface area contributed by atoms with Crippen LogP contribution in [0.25, 0.3) is 10.9 Å². The van der Waals surface area contributed by atoms with Crippen molar-refractivity contribution in [1.29, 1.82) is 0 Å². The molecular weight excluding hydrogens is 466 g/mol. The molecule has 0 amide bonds. The first-order valence-corrected chi connectivity index (χ1v) is 11.0. The van der Waals surface area contributed by atoms with E-state index in [0.717, 1.165) is 5.56 Å². The highest BCUT2D eigenvalue weighted by molar-refractivity contribution is 5.93. The number of nitro benzene ring substituents is 1. The van der Waals surface area contributed by atoms with E-state index in [1.807, 2.05) is 32.0 Å². The maximum Gasteiger partial charge on any atom is 0.311 e. The topological polar surface area (TPSA) is 138 Å². The average molecular weight is 492 g/mol. The minimum absolute atomic E-state index is 0.154. The van der Waals surface area contributed by atoms with Crippen LogP contribution in [0.4, 0.5) is 17.2 Å². The van der Waals surface area contributed by atoms with E-state index in [0.29, 0.717) is 47.1 Å². The minimum Gasteiger partial charge on any atom is -0.485 e. The highest BCUT2D eigenvalue weighted by Gasteiger charge is 2.19. The van der Waals surface area contributed by atoms with Crippen LogP contribution in [-0.2, 0) is 7.05 Å². The quantitative estimate of drug-likeness (QED) is 0.274. The lowest BCUT2D eigenvalue weighted by molar-refractivity contribution is -0.385. The van der Waals surface area contributed by atoms with Crippen molar-refractivity contribution in [2.24, 2.45) is 7.05 Å². The lowest BCUT2D eigenvalue weighted by atomic mass is 10.1. The Hall–Kier alpha value is -4.58. The van der Waals surface area contributed by atoms with Gasteiger partial charge in [0.05, 0.1) is 22.0 Å². The Morgan fingerprint density at radius 2 is 1.94 bits per heavy atom. The molecule has 4 aromatic rings. The fourth-order valence-electron chi connectivity index (χ4n) is 3.38. The van der Waals surface area contributed by atoms with Crippen LogP contribution in [0.1, 0.15) is 5.56 Å². The van der Waals surface area contributed by atoms with Crippen LogP contribution in [0.5, 0.6) is 17.2 Å². The van der Waals surface area contributed by atoms with Gasteiger partial charge in [0.15, 0.2) is 11.5 Å². The van der Waals surface area contributed by atoms with Gasteiger partial charge in [-0.05, 0) is 44.8 Å². The smallest absolute Gasteiger partial charge is 0.311 e. The molecule has 2 aromatic carbocycles. The van der Waals surface area contributed by atoms with Crippen molar-refractivity contribution in [2.75, 3.05) is 32.6 Å². The molecule has 36 heavy (non-hydrogen) atoms. The number of benzene rings is 2. The molecule has 0 aliphatic rings. The molecule has 0 bridgehead atoms.